The zero-order chi connectivity index (χ0) is 15.8. The first-order valence-electron chi connectivity index (χ1n) is 8.05. The van der Waals surface area contributed by atoms with Crippen LogP contribution in [-0.4, -0.2) is 10.9 Å². The zero-order valence-corrected chi connectivity index (χ0v) is 15.4. The lowest BCUT2D eigenvalue weighted by Gasteiger charge is -2.02. The van der Waals surface area contributed by atoms with Crippen LogP contribution in [0.1, 0.15) is 58.3 Å². The first kappa shape index (κ1) is 17.4. The monoisotopic (exact) mass is 382 g/mol. The molecule has 0 aliphatic heterocycles. The molecule has 5 heteroatoms. The van der Waals surface area contributed by atoms with Gasteiger partial charge in [0.25, 0.3) is 0 Å². The maximum absolute atomic E-state index is 11.9. The molecular formula is C17H23BrN2OS. The van der Waals surface area contributed by atoms with Crippen LogP contribution in [0.25, 0.3) is 10.2 Å². The second-order valence-corrected chi connectivity index (χ2v) is 7.50. The van der Waals surface area contributed by atoms with Crippen LogP contribution in [0.2, 0.25) is 0 Å². The Kier molecular flexibility index (Phi) is 7.33. The van der Waals surface area contributed by atoms with Crippen molar-refractivity contribution in [2.24, 2.45) is 0 Å². The molecule has 3 nitrogen and oxygen atoms in total. The van der Waals surface area contributed by atoms with E-state index in [1.54, 1.807) is 0 Å². The molecule has 2 aromatic rings. The summed E-state index contributed by atoms with van der Waals surface area (Å²) in [6.45, 7) is 2.23. The minimum Gasteiger partial charge on any atom is -0.302 e. The van der Waals surface area contributed by atoms with Gasteiger partial charge in [-0.25, -0.2) is 4.98 Å². The van der Waals surface area contributed by atoms with Crippen molar-refractivity contribution in [3.63, 3.8) is 0 Å². The molecule has 1 aromatic heterocycles. The van der Waals surface area contributed by atoms with Crippen LogP contribution in [-0.2, 0) is 4.79 Å². The molecule has 120 valence electrons. The Morgan fingerprint density at radius 2 is 1.91 bits per heavy atom. The fourth-order valence-corrected chi connectivity index (χ4v) is 3.81. The SMILES string of the molecule is CCCCCCCCCC(=O)Nc1nc2ccc(Br)cc2s1. The summed E-state index contributed by atoms with van der Waals surface area (Å²) >= 11 is 4.97. The van der Waals surface area contributed by atoms with Crippen LogP contribution in [0, 0.1) is 0 Å². The molecule has 0 bridgehead atoms. The lowest BCUT2D eigenvalue weighted by molar-refractivity contribution is -0.116. The first-order valence-corrected chi connectivity index (χ1v) is 9.66. The maximum atomic E-state index is 11.9. The van der Waals surface area contributed by atoms with Gasteiger partial charge in [-0.05, 0) is 24.6 Å². The largest absolute Gasteiger partial charge is 0.302 e. The number of rotatable bonds is 9. The van der Waals surface area contributed by atoms with Gasteiger partial charge in [0.2, 0.25) is 5.91 Å². The predicted octanol–water partition coefficient (Wildman–Crippen LogP) is 6.14. The number of nitrogens with zero attached hydrogens (tertiary/aromatic N) is 1. The number of amides is 1. The minimum atomic E-state index is 0.0756. The average molecular weight is 383 g/mol. The van der Waals surface area contributed by atoms with Gasteiger partial charge in [0.05, 0.1) is 10.2 Å². The number of hydrogen-bond donors (Lipinski definition) is 1. The van der Waals surface area contributed by atoms with Crippen LogP contribution in [0.4, 0.5) is 5.13 Å². The van der Waals surface area contributed by atoms with Crippen LogP contribution in [0.3, 0.4) is 0 Å². The third-order valence-electron chi connectivity index (χ3n) is 3.60. The third-order valence-corrected chi connectivity index (χ3v) is 5.03. The van der Waals surface area contributed by atoms with Gasteiger partial charge in [0, 0.05) is 10.9 Å². The van der Waals surface area contributed by atoms with E-state index in [1.807, 2.05) is 18.2 Å². The third kappa shape index (κ3) is 5.69. The number of carbonyl (C=O) groups is 1. The number of fused-ring (bicyclic) bond motifs is 1. The summed E-state index contributed by atoms with van der Waals surface area (Å²) in [5.41, 5.74) is 0.930. The zero-order valence-electron chi connectivity index (χ0n) is 13.0. The molecule has 0 saturated carbocycles. The molecule has 0 fully saturated rings. The highest BCUT2D eigenvalue weighted by molar-refractivity contribution is 9.10. The summed E-state index contributed by atoms with van der Waals surface area (Å²) in [4.78, 5) is 16.4. The van der Waals surface area contributed by atoms with Gasteiger partial charge in [-0.2, -0.15) is 0 Å². The summed E-state index contributed by atoms with van der Waals surface area (Å²) in [7, 11) is 0. The van der Waals surface area contributed by atoms with E-state index in [0.717, 1.165) is 27.5 Å². The second-order valence-electron chi connectivity index (χ2n) is 5.55. The highest BCUT2D eigenvalue weighted by Crippen LogP contribution is 2.28. The van der Waals surface area contributed by atoms with E-state index >= 15 is 0 Å². The van der Waals surface area contributed by atoms with E-state index in [-0.39, 0.29) is 5.91 Å². The van der Waals surface area contributed by atoms with Crippen molar-refractivity contribution in [2.45, 2.75) is 58.3 Å². The number of thiazole rings is 1. The molecule has 0 radical (unpaired) electrons. The van der Waals surface area contributed by atoms with Crippen molar-refractivity contribution in [3.05, 3.63) is 22.7 Å². The molecule has 1 heterocycles. The molecule has 0 aliphatic carbocycles. The van der Waals surface area contributed by atoms with Gasteiger partial charge >= 0.3 is 0 Å². The Morgan fingerprint density at radius 1 is 1.18 bits per heavy atom. The smallest absolute Gasteiger partial charge is 0.226 e. The lowest BCUT2D eigenvalue weighted by atomic mass is 10.1. The molecule has 0 aliphatic rings. The molecule has 0 atom stereocenters. The van der Waals surface area contributed by atoms with Crippen molar-refractivity contribution >= 4 is 48.5 Å². The molecule has 1 amide bonds. The van der Waals surface area contributed by atoms with Crippen LogP contribution in [0.5, 0.6) is 0 Å². The number of benzene rings is 1. The number of carbonyl (C=O) groups excluding carboxylic acids is 1. The highest BCUT2D eigenvalue weighted by atomic mass is 79.9. The quantitative estimate of drug-likeness (QED) is 0.529. The van der Waals surface area contributed by atoms with Crippen molar-refractivity contribution in [1.29, 1.82) is 0 Å². The van der Waals surface area contributed by atoms with Gasteiger partial charge in [0.15, 0.2) is 5.13 Å². The lowest BCUT2D eigenvalue weighted by Crippen LogP contribution is -2.10. The van der Waals surface area contributed by atoms with E-state index in [1.165, 1.54) is 43.4 Å². The molecular weight excluding hydrogens is 360 g/mol. The summed E-state index contributed by atoms with van der Waals surface area (Å²) in [5, 5.41) is 3.61. The Morgan fingerprint density at radius 3 is 2.68 bits per heavy atom. The summed E-state index contributed by atoms with van der Waals surface area (Å²) in [6.07, 6.45) is 9.16. The maximum Gasteiger partial charge on any atom is 0.226 e. The van der Waals surface area contributed by atoms with Gasteiger partial charge in [-0.15, -0.1) is 0 Å². The van der Waals surface area contributed by atoms with Crippen LogP contribution < -0.4 is 5.32 Å². The Hall–Kier alpha value is -0.940. The molecule has 0 saturated heterocycles. The fourth-order valence-electron chi connectivity index (χ4n) is 2.38. The normalized spacial score (nSPS) is 11.0. The number of hydrogen-bond acceptors (Lipinski definition) is 3. The molecule has 1 aromatic carbocycles. The van der Waals surface area contributed by atoms with Crippen LogP contribution >= 0.6 is 27.3 Å². The Labute approximate surface area is 144 Å². The Bertz CT molecular complexity index is 612. The van der Waals surface area contributed by atoms with E-state index in [2.05, 4.69) is 33.2 Å². The Balaban J connectivity index is 1.70. The van der Waals surface area contributed by atoms with Crippen molar-refractivity contribution in [2.75, 3.05) is 5.32 Å². The van der Waals surface area contributed by atoms with E-state index in [0.29, 0.717) is 11.6 Å². The predicted molar refractivity (Wildman–Crippen MR) is 98.6 cm³/mol. The summed E-state index contributed by atoms with van der Waals surface area (Å²) in [6, 6.07) is 5.95. The van der Waals surface area contributed by atoms with Crippen molar-refractivity contribution in [3.8, 4) is 0 Å². The van der Waals surface area contributed by atoms with E-state index in [9.17, 15) is 4.79 Å². The molecule has 0 unspecified atom stereocenters. The van der Waals surface area contributed by atoms with Gasteiger partial charge < -0.3 is 5.32 Å². The highest BCUT2D eigenvalue weighted by Gasteiger charge is 2.08. The molecule has 0 spiro atoms. The van der Waals surface area contributed by atoms with Crippen LogP contribution in [0.15, 0.2) is 22.7 Å². The van der Waals surface area contributed by atoms with Crippen molar-refractivity contribution in [1.82, 2.24) is 4.98 Å². The summed E-state index contributed by atoms with van der Waals surface area (Å²) < 4.78 is 2.12. The number of unbranched alkanes of at least 4 members (excludes halogenated alkanes) is 6. The number of anilines is 1. The number of halogens is 1. The van der Waals surface area contributed by atoms with E-state index in [4.69, 9.17) is 0 Å². The standard InChI is InChI=1S/C17H23BrN2OS/c1-2-3-4-5-6-7-8-9-16(21)20-17-19-14-11-10-13(18)12-15(14)22-17/h10-12H,2-9H2,1H3,(H,19,20,21). The minimum absolute atomic E-state index is 0.0756. The fraction of sp³-hybridized carbons (Fsp3) is 0.529. The molecule has 1 N–H and O–H groups in total. The number of nitrogens with one attached hydrogen (secondary N) is 1. The second kappa shape index (κ2) is 9.26. The molecule has 22 heavy (non-hydrogen) atoms. The molecule has 2 rings (SSSR count). The van der Waals surface area contributed by atoms with E-state index < -0.39 is 0 Å². The van der Waals surface area contributed by atoms with Gasteiger partial charge in [-0.3, -0.25) is 4.79 Å². The van der Waals surface area contributed by atoms with Gasteiger partial charge in [-0.1, -0.05) is 72.7 Å². The summed E-state index contributed by atoms with van der Waals surface area (Å²) in [5.74, 6) is 0.0756. The first-order chi connectivity index (χ1) is 10.7. The van der Waals surface area contributed by atoms with Crippen molar-refractivity contribution < 1.29 is 4.79 Å². The average Bonchev–Trinajstić information content (AvgIpc) is 2.87. The number of aromatic nitrogens is 1. The van der Waals surface area contributed by atoms with Gasteiger partial charge in [0.1, 0.15) is 0 Å². The topological polar surface area (TPSA) is 42.0 Å².